The number of methoxy groups -OCH3 is 1. The first-order valence-electron chi connectivity index (χ1n) is 6.30. The summed E-state index contributed by atoms with van der Waals surface area (Å²) in [7, 11) is 1.72. The van der Waals surface area contributed by atoms with Gasteiger partial charge in [-0.1, -0.05) is 0 Å². The van der Waals surface area contributed by atoms with E-state index < -0.39 is 0 Å². The first-order chi connectivity index (χ1) is 8.69. The second-order valence-corrected chi connectivity index (χ2v) is 4.36. The highest BCUT2D eigenvalue weighted by molar-refractivity contribution is 5.59. The molecular formula is C14H21N3O. The van der Waals surface area contributed by atoms with Crippen LogP contribution in [0.5, 0.6) is 0 Å². The Labute approximate surface area is 109 Å². The molecular weight excluding hydrogens is 226 g/mol. The molecule has 4 nitrogen and oxygen atoms in total. The third-order valence-electron chi connectivity index (χ3n) is 2.78. The Morgan fingerprint density at radius 3 is 2.78 bits per heavy atom. The predicted molar refractivity (Wildman–Crippen MR) is 72.6 cm³/mol. The van der Waals surface area contributed by atoms with E-state index in [2.05, 4.69) is 16.4 Å². The molecule has 1 N–H and O–H groups in total. The van der Waals surface area contributed by atoms with Gasteiger partial charge in [-0.15, -0.1) is 0 Å². The number of nitriles is 1. The molecule has 0 unspecified atom stereocenters. The van der Waals surface area contributed by atoms with Gasteiger partial charge in [-0.25, -0.2) is 0 Å². The maximum absolute atomic E-state index is 9.12. The Hall–Kier alpha value is -1.60. The fourth-order valence-electron chi connectivity index (χ4n) is 1.88. The van der Waals surface area contributed by atoms with Crippen molar-refractivity contribution in [3.05, 3.63) is 23.0 Å². The summed E-state index contributed by atoms with van der Waals surface area (Å²) in [5, 5.41) is 12.4. The predicted octanol–water partition coefficient (Wildman–Crippen LogP) is 2.80. The van der Waals surface area contributed by atoms with Gasteiger partial charge in [0.25, 0.3) is 0 Å². The fourth-order valence-corrected chi connectivity index (χ4v) is 1.88. The van der Waals surface area contributed by atoms with Crippen LogP contribution in [0, 0.1) is 25.2 Å². The van der Waals surface area contributed by atoms with Crippen LogP contribution in [0.25, 0.3) is 0 Å². The lowest BCUT2D eigenvalue weighted by atomic mass is 10.1. The van der Waals surface area contributed by atoms with Gasteiger partial charge in [-0.05, 0) is 39.2 Å². The Morgan fingerprint density at radius 1 is 1.33 bits per heavy atom. The highest BCUT2D eigenvalue weighted by Gasteiger charge is 2.07. The molecule has 98 valence electrons. The highest BCUT2D eigenvalue weighted by atomic mass is 16.5. The molecule has 0 aliphatic heterocycles. The summed E-state index contributed by atoms with van der Waals surface area (Å²) >= 11 is 0. The molecule has 0 saturated carbocycles. The van der Waals surface area contributed by atoms with Gasteiger partial charge in [0, 0.05) is 26.0 Å². The Morgan fingerprint density at radius 2 is 2.11 bits per heavy atom. The van der Waals surface area contributed by atoms with Crippen molar-refractivity contribution in [3.8, 4) is 6.07 Å². The molecule has 0 aromatic carbocycles. The van der Waals surface area contributed by atoms with E-state index >= 15 is 0 Å². The summed E-state index contributed by atoms with van der Waals surface area (Å²) in [6.45, 7) is 5.51. The molecule has 1 heterocycles. The van der Waals surface area contributed by atoms with Crippen LogP contribution in [0.15, 0.2) is 6.07 Å². The number of hydrogen-bond acceptors (Lipinski definition) is 4. The van der Waals surface area contributed by atoms with E-state index in [1.807, 2.05) is 19.9 Å². The molecule has 0 atom stereocenters. The number of anilines is 1. The fraction of sp³-hybridized carbons (Fsp3) is 0.571. The van der Waals surface area contributed by atoms with Gasteiger partial charge in [0.05, 0.1) is 16.9 Å². The quantitative estimate of drug-likeness (QED) is 0.753. The number of nitrogens with one attached hydrogen (secondary N) is 1. The molecule has 0 amide bonds. The number of nitrogens with zero attached hydrogens (tertiary/aromatic N) is 2. The molecule has 18 heavy (non-hydrogen) atoms. The van der Waals surface area contributed by atoms with Crippen LogP contribution in [-0.2, 0) is 4.74 Å². The molecule has 0 spiro atoms. The summed E-state index contributed by atoms with van der Waals surface area (Å²) in [6.07, 6.45) is 3.29. The zero-order chi connectivity index (χ0) is 13.4. The van der Waals surface area contributed by atoms with E-state index in [1.165, 1.54) is 0 Å². The number of aryl methyl sites for hydroxylation is 2. The van der Waals surface area contributed by atoms with Crippen LogP contribution < -0.4 is 5.32 Å². The van der Waals surface area contributed by atoms with E-state index in [0.717, 1.165) is 49.5 Å². The van der Waals surface area contributed by atoms with Gasteiger partial charge in [-0.2, -0.15) is 5.26 Å². The Kier molecular flexibility index (Phi) is 6.16. The molecule has 0 fully saturated rings. The molecule has 1 rings (SSSR count). The van der Waals surface area contributed by atoms with Crippen molar-refractivity contribution in [2.24, 2.45) is 0 Å². The molecule has 1 aromatic rings. The summed E-state index contributed by atoms with van der Waals surface area (Å²) in [4.78, 5) is 4.29. The Balaban J connectivity index is 2.49. The van der Waals surface area contributed by atoms with Gasteiger partial charge in [0.15, 0.2) is 0 Å². The van der Waals surface area contributed by atoms with E-state index in [4.69, 9.17) is 10.00 Å². The standard InChI is InChI=1S/C14H21N3O/c1-11-9-14(13(10-15)12(2)17-11)16-7-5-4-6-8-18-3/h9H,4-8H2,1-3H3,(H,16,17). The second kappa shape index (κ2) is 7.67. The number of pyridine rings is 1. The number of hydrogen-bond donors (Lipinski definition) is 1. The molecule has 0 bridgehead atoms. The molecule has 0 aliphatic carbocycles. The molecule has 0 aliphatic rings. The number of rotatable bonds is 7. The normalized spacial score (nSPS) is 10.1. The summed E-state index contributed by atoms with van der Waals surface area (Å²) < 4.78 is 5.00. The zero-order valence-corrected chi connectivity index (χ0v) is 11.4. The van der Waals surface area contributed by atoms with Crippen molar-refractivity contribution in [2.45, 2.75) is 33.1 Å². The number of unbranched alkanes of at least 4 members (excludes halogenated alkanes) is 2. The SMILES string of the molecule is COCCCCCNc1cc(C)nc(C)c1C#N. The van der Waals surface area contributed by atoms with Crippen LogP contribution in [0.4, 0.5) is 5.69 Å². The largest absolute Gasteiger partial charge is 0.385 e. The van der Waals surface area contributed by atoms with Gasteiger partial charge in [0.2, 0.25) is 0 Å². The average Bonchev–Trinajstić information content (AvgIpc) is 2.33. The third-order valence-corrected chi connectivity index (χ3v) is 2.78. The van der Waals surface area contributed by atoms with E-state index in [1.54, 1.807) is 7.11 Å². The maximum atomic E-state index is 9.12. The van der Waals surface area contributed by atoms with Gasteiger partial charge in [-0.3, -0.25) is 4.98 Å². The van der Waals surface area contributed by atoms with E-state index in [-0.39, 0.29) is 0 Å². The molecule has 0 saturated heterocycles. The highest BCUT2D eigenvalue weighted by Crippen LogP contribution is 2.18. The van der Waals surface area contributed by atoms with Crippen LogP contribution in [0.1, 0.15) is 36.2 Å². The summed E-state index contributed by atoms with van der Waals surface area (Å²) in [5.41, 5.74) is 3.28. The van der Waals surface area contributed by atoms with Crippen LogP contribution in [-0.4, -0.2) is 25.2 Å². The average molecular weight is 247 g/mol. The van der Waals surface area contributed by atoms with Gasteiger partial charge >= 0.3 is 0 Å². The van der Waals surface area contributed by atoms with Crippen molar-refractivity contribution in [2.75, 3.05) is 25.6 Å². The monoisotopic (exact) mass is 247 g/mol. The minimum absolute atomic E-state index is 0.650. The summed E-state index contributed by atoms with van der Waals surface area (Å²) in [5.74, 6) is 0. The second-order valence-electron chi connectivity index (χ2n) is 4.36. The maximum Gasteiger partial charge on any atom is 0.103 e. The van der Waals surface area contributed by atoms with Crippen molar-refractivity contribution in [1.82, 2.24) is 4.98 Å². The zero-order valence-electron chi connectivity index (χ0n) is 11.4. The van der Waals surface area contributed by atoms with Crippen molar-refractivity contribution >= 4 is 5.69 Å². The van der Waals surface area contributed by atoms with Crippen LogP contribution in [0.3, 0.4) is 0 Å². The van der Waals surface area contributed by atoms with Gasteiger partial charge in [0.1, 0.15) is 6.07 Å². The van der Waals surface area contributed by atoms with Crippen molar-refractivity contribution in [3.63, 3.8) is 0 Å². The lowest BCUT2D eigenvalue weighted by Crippen LogP contribution is -2.06. The first-order valence-corrected chi connectivity index (χ1v) is 6.30. The van der Waals surface area contributed by atoms with Crippen LogP contribution in [0.2, 0.25) is 0 Å². The van der Waals surface area contributed by atoms with Crippen molar-refractivity contribution in [1.29, 1.82) is 5.26 Å². The lowest BCUT2D eigenvalue weighted by molar-refractivity contribution is 0.192. The van der Waals surface area contributed by atoms with Crippen molar-refractivity contribution < 1.29 is 4.74 Å². The minimum Gasteiger partial charge on any atom is -0.385 e. The van der Waals surface area contributed by atoms with Crippen LogP contribution >= 0.6 is 0 Å². The minimum atomic E-state index is 0.650. The topological polar surface area (TPSA) is 57.9 Å². The molecule has 4 heteroatoms. The Bertz CT molecular complexity index is 424. The van der Waals surface area contributed by atoms with E-state index in [0.29, 0.717) is 5.56 Å². The molecule has 1 aromatic heterocycles. The third kappa shape index (κ3) is 4.34. The smallest absolute Gasteiger partial charge is 0.103 e. The van der Waals surface area contributed by atoms with E-state index in [9.17, 15) is 0 Å². The molecule has 0 radical (unpaired) electrons. The van der Waals surface area contributed by atoms with Gasteiger partial charge < -0.3 is 10.1 Å². The number of ether oxygens (including phenoxy) is 1. The lowest BCUT2D eigenvalue weighted by Gasteiger charge is -2.10. The number of aromatic nitrogens is 1. The first kappa shape index (κ1) is 14.5. The summed E-state index contributed by atoms with van der Waals surface area (Å²) in [6, 6.07) is 4.14.